The van der Waals surface area contributed by atoms with Crippen molar-refractivity contribution < 1.29 is 54.5 Å². The fraction of sp³-hybridized carbons (Fsp3) is 0.273. The van der Waals surface area contributed by atoms with E-state index in [9.17, 15) is 39.6 Å². The normalized spacial score (nSPS) is 12.7. The summed E-state index contributed by atoms with van der Waals surface area (Å²) in [4.78, 5) is 20.4. The van der Waals surface area contributed by atoms with Crippen LogP contribution >= 0.6 is 11.3 Å². The number of carbonyl (C=O) groups excluding carboxylic acids is 1. The zero-order chi connectivity index (χ0) is 31.0. The van der Waals surface area contributed by atoms with E-state index in [-0.39, 0.29) is 20.6 Å². The van der Waals surface area contributed by atoms with Crippen molar-refractivity contribution in [3.8, 4) is 17.0 Å². The molecule has 0 radical (unpaired) electrons. The molecule has 4 rings (SSSR count). The zero-order valence-corrected chi connectivity index (χ0v) is 22.5. The summed E-state index contributed by atoms with van der Waals surface area (Å²) >= 11 is 0.480. The Balaban J connectivity index is 1.63. The summed E-state index contributed by atoms with van der Waals surface area (Å²) in [7, 11) is -4.27. The van der Waals surface area contributed by atoms with Crippen molar-refractivity contribution in [2.45, 2.75) is 29.5 Å². The molecule has 4 aromatic rings. The van der Waals surface area contributed by atoms with E-state index in [1.165, 1.54) is 6.92 Å². The topological polar surface area (TPSA) is 168 Å². The van der Waals surface area contributed by atoms with Gasteiger partial charge < -0.3 is 14.9 Å². The summed E-state index contributed by atoms with van der Waals surface area (Å²) in [6, 6.07) is 2.57. The summed E-state index contributed by atoms with van der Waals surface area (Å²) < 4.78 is 112. The number of alkyl halides is 6. The quantitative estimate of drug-likeness (QED) is 0.211. The van der Waals surface area contributed by atoms with Gasteiger partial charge in [0.1, 0.15) is 0 Å². The first-order valence-electron chi connectivity index (χ1n) is 11.4. The van der Waals surface area contributed by atoms with Crippen molar-refractivity contribution >= 4 is 38.2 Å². The van der Waals surface area contributed by atoms with Gasteiger partial charge in [-0.25, -0.2) is 32.4 Å². The van der Waals surface area contributed by atoms with Gasteiger partial charge in [-0.2, -0.15) is 31.4 Å². The minimum absolute atomic E-state index is 0.0638. The van der Waals surface area contributed by atoms with Gasteiger partial charge in [0.05, 0.1) is 42.4 Å². The monoisotopic (exact) mass is 640 g/mol. The molecule has 3 heterocycles. The fourth-order valence-electron chi connectivity index (χ4n) is 3.50. The van der Waals surface area contributed by atoms with Crippen molar-refractivity contribution in [3.63, 3.8) is 0 Å². The number of halogens is 6. The number of aliphatic hydroxyl groups excluding tert-OH is 2. The van der Waals surface area contributed by atoms with E-state index < -0.39 is 76.1 Å². The Kier molecular flexibility index (Phi) is 8.47. The Hall–Kier alpha value is -3.85. The Morgan fingerprint density at radius 3 is 2.29 bits per heavy atom. The van der Waals surface area contributed by atoms with E-state index in [0.29, 0.717) is 34.1 Å². The lowest BCUT2D eigenvalue weighted by atomic mass is 10.1. The highest BCUT2D eigenvalue weighted by atomic mass is 32.2. The van der Waals surface area contributed by atoms with Crippen LogP contribution in [-0.2, 0) is 22.4 Å². The molecule has 42 heavy (non-hydrogen) atoms. The first kappa shape index (κ1) is 31.1. The molecule has 0 fully saturated rings. The van der Waals surface area contributed by atoms with Crippen molar-refractivity contribution in [2.75, 3.05) is 18.5 Å². The number of amides is 1. The Bertz CT molecular complexity index is 1720. The van der Waals surface area contributed by atoms with Crippen molar-refractivity contribution in [3.05, 3.63) is 53.5 Å². The maximum absolute atomic E-state index is 13.8. The number of nitrogens with zero attached hydrogens (tertiary/aromatic N) is 4. The number of nitrogens with one attached hydrogen (secondary N) is 2. The highest BCUT2D eigenvalue weighted by Crippen LogP contribution is 2.36. The molecule has 0 unspecified atom stereocenters. The molecule has 0 aliphatic carbocycles. The van der Waals surface area contributed by atoms with Crippen LogP contribution in [-0.4, -0.2) is 63.6 Å². The van der Waals surface area contributed by atoms with Crippen molar-refractivity contribution in [2.24, 2.45) is 0 Å². The second-order valence-corrected chi connectivity index (χ2v) is 11.3. The van der Waals surface area contributed by atoms with Crippen LogP contribution in [0.15, 0.2) is 40.7 Å². The number of anilines is 1. The molecular weight excluding hydrogens is 622 g/mol. The Labute approximate surface area is 235 Å². The number of hydrogen-bond acceptors (Lipinski definition) is 10. The molecule has 4 N–H and O–H groups in total. The van der Waals surface area contributed by atoms with E-state index in [1.54, 1.807) is 0 Å². The number of aromatic nitrogens is 4. The number of carbonyl (C=O) groups is 1. The molecule has 1 aromatic carbocycles. The van der Waals surface area contributed by atoms with Gasteiger partial charge in [0.25, 0.3) is 10.0 Å². The number of rotatable bonds is 8. The summed E-state index contributed by atoms with van der Waals surface area (Å²) in [6.07, 6.45) is -10.2. The molecule has 1 amide bonds. The lowest BCUT2D eigenvalue weighted by Crippen LogP contribution is -2.39. The predicted molar refractivity (Wildman–Crippen MR) is 133 cm³/mol. The van der Waals surface area contributed by atoms with Crippen LogP contribution in [0.25, 0.3) is 16.9 Å². The highest BCUT2D eigenvalue weighted by molar-refractivity contribution is 7.91. The largest absolute Gasteiger partial charge is 0.433 e. The Morgan fingerprint density at radius 2 is 1.71 bits per heavy atom. The van der Waals surface area contributed by atoms with Gasteiger partial charge in [0.15, 0.2) is 26.4 Å². The van der Waals surface area contributed by atoms with Gasteiger partial charge in [0, 0.05) is 5.56 Å². The van der Waals surface area contributed by atoms with E-state index >= 15 is 0 Å². The van der Waals surface area contributed by atoms with Gasteiger partial charge >= 0.3 is 18.4 Å². The van der Waals surface area contributed by atoms with Gasteiger partial charge in [0.2, 0.25) is 0 Å². The average Bonchev–Trinajstić information content (AvgIpc) is 3.48. The number of thiazole rings is 1. The summed E-state index contributed by atoms with van der Waals surface area (Å²) in [5, 5.41) is 23.7. The number of ether oxygens (including phenoxy) is 1. The summed E-state index contributed by atoms with van der Waals surface area (Å²) in [5.41, 5.74) is -3.55. The molecule has 3 aromatic heterocycles. The molecule has 0 atom stereocenters. The van der Waals surface area contributed by atoms with Gasteiger partial charge in [-0.3, -0.25) is 5.32 Å². The summed E-state index contributed by atoms with van der Waals surface area (Å²) in [6.45, 7) is -0.101. The molecule has 0 bridgehead atoms. The standard InChI is InChI=1S/C22H18F6N6O6S2/c1-10-18(42(38,39)33-13(8-35)9-36)41-19(30-10)32-20(37)40-15-7-29-34-16(22(26,27)28)6-14(31-17(15)34)11-2-4-12(5-3-11)21(23,24)25/h2-7,13,33,35-36H,8-9H2,1H3,(H,30,32,37). The first-order valence-corrected chi connectivity index (χ1v) is 13.7. The van der Waals surface area contributed by atoms with Gasteiger partial charge in [-0.05, 0) is 25.1 Å². The molecule has 0 aliphatic rings. The number of sulfonamides is 1. The second kappa shape index (κ2) is 11.4. The molecule has 0 saturated heterocycles. The average molecular weight is 641 g/mol. The molecule has 226 valence electrons. The van der Waals surface area contributed by atoms with Crippen LogP contribution < -0.4 is 14.8 Å². The number of fused-ring (bicyclic) bond motifs is 1. The molecule has 0 aliphatic heterocycles. The van der Waals surface area contributed by atoms with Crippen molar-refractivity contribution in [1.82, 2.24) is 24.3 Å². The van der Waals surface area contributed by atoms with Crippen LogP contribution in [0.1, 0.15) is 17.0 Å². The fourth-order valence-corrected chi connectivity index (χ4v) is 6.13. The minimum Gasteiger partial charge on any atom is -0.404 e. The van der Waals surface area contributed by atoms with Gasteiger partial charge in [-0.1, -0.05) is 23.5 Å². The minimum atomic E-state index is -4.99. The zero-order valence-electron chi connectivity index (χ0n) is 20.9. The van der Waals surface area contributed by atoms with E-state index in [2.05, 4.69) is 25.1 Å². The van der Waals surface area contributed by atoms with E-state index in [1.807, 2.05) is 0 Å². The SMILES string of the molecule is Cc1nc(NC(=O)Oc2cnn3c(C(F)(F)F)cc(-c4ccc(C(F)(F)F)cc4)nc23)sc1S(=O)(=O)NC(CO)CO. The third kappa shape index (κ3) is 6.62. The van der Waals surface area contributed by atoms with E-state index in [0.717, 1.165) is 18.3 Å². The second-order valence-electron chi connectivity index (χ2n) is 8.43. The number of hydrogen-bond donors (Lipinski definition) is 4. The number of benzene rings is 1. The van der Waals surface area contributed by atoms with E-state index in [4.69, 9.17) is 14.9 Å². The molecular formula is C22H18F6N6O6S2. The van der Waals surface area contributed by atoms with Crippen LogP contribution in [0.3, 0.4) is 0 Å². The smallest absolute Gasteiger partial charge is 0.404 e. The third-order valence-electron chi connectivity index (χ3n) is 5.41. The van der Waals surface area contributed by atoms with Crippen LogP contribution in [0.5, 0.6) is 5.75 Å². The maximum Gasteiger partial charge on any atom is 0.433 e. The van der Waals surface area contributed by atoms with Gasteiger partial charge in [-0.15, -0.1) is 0 Å². The van der Waals surface area contributed by atoms with Crippen LogP contribution in [0.4, 0.5) is 36.3 Å². The molecule has 20 heteroatoms. The maximum atomic E-state index is 13.8. The van der Waals surface area contributed by atoms with Crippen molar-refractivity contribution in [1.29, 1.82) is 0 Å². The number of aliphatic hydroxyl groups is 2. The van der Waals surface area contributed by atoms with Crippen LogP contribution in [0, 0.1) is 6.92 Å². The molecule has 12 nitrogen and oxygen atoms in total. The highest BCUT2D eigenvalue weighted by Gasteiger charge is 2.36. The molecule has 0 saturated carbocycles. The Morgan fingerprint density at radius 1 is 1.07 bits per heavy atom. The molecule has 0 spiro atoms. The number of aryl methyl sites for hydroxylation is 1. The predicted octanol–water partition coefficient (Wildman–Crippen LogP) is 3.44. The lowest BCUT2D eigenvalue weighted by Gasteiger charge is -2.12. The third-order valence-corrected chi connectivity index (χ3v) is 8.61. The summed E-state index contributed by atoms with van der Waals surface area (Å²) in [5.74, 6) is -0.566. The lowest BCUT2D eigenvalue weighted by molar-refractivity contribution is -0.142. The first-order chi connectivity index (χ1) is 19.5. The van der Waals surface area contributed by atoms with Crippen LogP contribution in [0.2, 0.25) is 0 Å².